The molecule has 1 aromatic rings. The summed E-state index contributed by atoms with van der Waals surface area (Å²) >= 11 is 0. The van der Waals surface area contributed by atoms with Gasteiger partial charge >= 0.3 is 0 Å². The Morgan fingerprint density at radius 1 is 1.30 bits per heavy atom. The van der Waals surface area contributed by atoms with Gasteiger partial charge in [-0.25, -0.2) is 0 Å². The van der Waals surface area contributed by atoms with Crippen molar-refractivity contribution >= 4 is 5.91 Å². The molecule has 0 bridgehead atoms. The maximum atomic E-state index is 12.6. The summed E-state index contributed by atoms with van der Waals surface area (Å²) in [6.45, 7) is 7.26. The molecule has 0 N–H and O–H groups in total. The van der Waals surface area contributed by atoms with E-state index in [-0.39, 0.29) is 11.8 Å². The average Bonchev–Trinajstić information content (AvgIpc) is 3.03. The van der Waals surface area contributed by atoms with Crippen LogP contribution in [0.2, 0.25) is 0 Å². The Kier molecular flexibility index (Phi) is 5.61. The summed E-state index contributed by atoms with van der Waals surface area (Å²) in [6.07, 6.45) is 3.87. The Labute approximate surface area is 137 Å². The van der Waals surface area contributed by atoms with Crippen molar-refractivity contribution in [3.63, 3.8) is 0 Å². The molecule has 1 aromatic heterocycles. The molecule has 7 heteroatoms. The van der Waals surface area contributed by atoms with Gasteiger partial charge < -0.3 is 14.2 Å². The lowest BCUT2D eigenvalue weighted by atomic mass is 9.96. The Morgan fingerprint density at radius 3 is 2.91 bits per heavy atom. The van der Waals surface area contributed by atoms with Crippen LogP contribution in [0.3, 0.4) is 0 Å². The van der Waals surface area contributed by atoms with Crippen LogP contribution < -0.4 is 0 Å². The first kappa shape index (κ1) is 16.4. The van der Waals surface area contributed by atoms with E-state index in [1.807, 2.05) is 4.90 Å². The highest BCUT2D eigenvalue weighted by molar-refractivity contribution is 5.79. The zero-order chi connectivity index (χ0) is 16.1. The third-order valence-electron chi connectivity index (χ3n) is 4.52. The van der Waals surface area contributed by atoms with Crippen molar-refractivity contribution in [2.45, 2.75) is 39.2 Å². The molecule has 128 valence electrons. The van der Waals surface area contributed by atoms with Crippen LogP contribution in [0.1, 0.15) is 37.9 Å². The molecule has 0 spiro atoms. The van der Waals surface area contributed by atoms with E-state index in [0.717, 1.165) is 57.7 Å². The average molecular weight is 322 g/mol. The largest absolute Gasteiger partial charge is 0.378 e. The molecule has 2 aliphatic heterocycles. The van der Waals surface area contributed by atoms with Crippen LogP contribution in [0.15, 0.2) is 4.52 Å². The topological polar surface area (TPSA) is 71.7 Å². The molecule has 23 heavy (non-hydrogen) atoms. The van der Waals surface area contributed by atoms with Crippen molar-refractivity contribution in [1.82, 2.24) is 19.9 Å². The maximum absolute atomic E-state index is 12.6. The number of piperidine rings is 1. The second kappa shape index (κ2) is 7.88. The monoisotopic (exact) mass is 322 g/mol. The Morgan fingerprint density at radius 2 is 2.13 bits per heavy atom. The van der Waals surface area contributed by atoms with Crippen LogP contribution in [0, 0.1) is 5.92 Å². The molecule has 1 atom stereocenters. The van der Waals surface area contributed by atoms with Crippen molar-refractivity contribution < 1.29 is 14.1 Å². The normalized spacial score (nSPS) is 23.2. The zero-order valence-corrected chi connectivity index (χ0v) is 13.9. The lowest BCUT2D eigenvalue weighted by molar-refractivity contribution is -0.141. The Hall–Kier alpha value is -1.47. The van der Waals surface area contributed by atoms with Crippen LogP contribution in [-0.4, -0.2) is 65.2 Å². The molecular formula is C16H26N4O3. The van der Waals surface area contributed by atoms with Crippen LogP contribution >= 0.6 is 0 Å². The van der Waals surface area contributed by atoms with E-state index in [9.17, 15) is 4.79 Å². The van der Waals surface area contributed by atoms with E-state index in [2.05, 4.69) is 22.0 Å². The van der Waals surface area contributed by atoms with Crippen molar-refractivity contribution in [3.05, 3.63) is 11.7 Å². The summed E-state index contributed by atoms with van der Waals surface area (Å²) in [4.78, 5) is 21.3. The summed E-state index contributed by atoms with van der Waals surface area (Å²) in [5, 5.41) is 4.00. The molecule has 7 nitrogen and oxygen atoms in total. The third-order valence-corrected chi connectivity index (χ3v) is 4.52. The van der Waals surface area contributed by atoms with Gasteiger partial charge in [0, 0.05) is 26.1 Å². The van der Waals surface area contributed by atoms with E-state index in [1.54, 1.807) is 0 Å². The molecular weight excluding hydrogens is 296 g/mol. The molecule has 1 amide bonds. The molecule has 0 saturated carbocycles. The summed E-state index contributed by atoms with van der Waals surface area (Å²) < 4.78 is 10.6. The molecule has 0 aliphatic carbocycles. The first-order valence-corrected chi connectivity index (χ1v) is 8.66. The van der Waals surface area contributed by atoms with Gasteiger partial charge in [0.25, 0.3) is 0 Å². The smallest absolute Gasteiger partial charge is 0.240 e. The van der Waals surface area contributed by atoms with E-state index < -0.39 is 0 Å². The number of hydrogen-bond acceptors (Lipinski definition) is 6. The summed E-state index contributed by atoms with van der Waals surface area (Å²) in [7, 11) is 0. The highest BCUT2D eigenvalue weighted by Gasteiger charge is 2.30. The second-order valence-electron chi connectivity index (χ2n) is 6.37. The lowest BCUT2D eigenvalue weighted by Gasteiger charge is -2.35. The summed E-state index contributed by atoms with van der Waals surface area (Å²) in [6, 6.07) is 0. The molecule has 3 heterocycles. The van der Waals surface area contributed by atoms with Crippen LogP contribution in [0.5, 0.6) is 0 Å². The molecule has 2 aliphatic rings. The molecule has 0 radical (unpaired) electrons. The molecule has 3 rings (SSSR count). The van der Waals surface area contributed by atoms with Crippen molar-refractivity contribution in [3.8, 4) is 0 Å². The number of hydrogen-bond donors (Lipinski definition) is 0. The number of rotatable bonds is 5. The van der Waals surface area contributed by atoms with Gasteiger partial charge in [-0.3, -0.25) is 9.69 Å². The van der Waals surface area contributed by atoms with E-state index >= 15 is 0 Å². The molecule has 2 saturated heterocycles. The van der Waals surface area contributed by atoms with Gasteiger partial charge in [0.15, 0.2) is 5.82 Å². The van der Waals surface area contributed by atoms with Crippen molar-refractivity contribution in [1.29, 1.82) is 0 Å². The number of aryl methyl sites for hydroxylation is 1. The van der Waals surface area contributed by atoms with Gasteiger partial charge in [-0.05, 0) is 25.8 Å². The van der Waals surface area contributed by atoms with Gasteiger partial charge in [0.1, 0.15) is 0 Å². The quantitative estimate of drug-likeness (QED) is 0.808. The number of ether oxygens (including phenoxy) is 1. The minimum atomic E-state index is 0.0832. The maximum Gasteiger partial charge on any atom is 0.240 e. The standard InChI is InChI=1S/C16H26N4O3/c1-2-4-14-17-15(23-18-14)12-19-6-3-5-13(11-19)16(21)20-7-9-22-10-8-20/h13H,2-12H2,1H3/t13-/m0/s1. The van der Waals surface area contributed by atoms with E-state index in [0.29, 0.717) is 25.6 Å². The highest BCUT2D eigenvalue weighted by atomic mass is 16.5. The van der Waals surface area contributed by atoms with Crippen LogP contribution in [0.25, 0.3) is 0 Å². The number of likely N-dealkylation sites (tertiary alicyclic amines) is 1. The SMILES string of the molecule is CCCc1noc(CN2CCC[C@H](C(=O)N3CCOCC3)C2)n1. The fraction of sp³-hybridized carbons (Fsp3) is 0.812. The highest BCUT2D eigenvalue weighted by Crippen LogP contribution is 2.21. The third kappa shape index (κ3) is 4.29. The first-order valence-electron chi connectivity index (χ1n) is 8.66. The number of carbonyl (C=O) groups excluding carboxylic acids is 1. The van der Waals surface area contributed by atoms with Crippen LogP contribution in [-0.2, 0) is 22.5 Å². The molecule has 0 unspecified atom stereocenters. The van der Waals surface area contributed by atoms with E-state index in [1.165, 1.54) is 0 Å². The van der Waals surface area contributed by atoms with Gasteiger partial charge in [-0.15, -0.1) is 0 Å². The number of aromatic nitrogens is 2. The summed E-state index contributed by atoms with van der Waals surface area (Å²) in [5.41, 5.74) is 0. The lowest BCUT2D eigenvalue weighted by Crippen LogP contribution is -2.48. The number of carbonyl (C=O) groups is 1. The summed E-state index contributed by atoms with van der Waals surface area (Å²) in [5.74, 6) is 1.79. The fourth-order valence-corrected chi connectivity index (χ4v) is 3.31. The van der Waals surface area contributed by atoms with Gasteiger partial charge in [0.05, 0.1) is 25.7 Å². The predicted molar refractivity (Wildman–Crippen MR) is 83.7 cm³/mol. The van der Waals surface area contributed by atoms with Crippen molar-refractivity contribution in [2.24, 2.45) is 5.92 Å². The second-order valence-corrected chi connectivity index (χ2v) is 6.37. The number of amides is 1. The molecule has 0 aromatic carbocycles. The molecule has 2 fully saturated rings. The first-order chi connectivity index (χ1) is 11.3. The number of nitrogens with zero attached hydrogens (tertiary/aromatic N) is 4. The van der Waals surface area contributed by atoms with Crippen LogP contribution in [0.4, 0.5) is 0 Å². The van der Waals surface area contributed by atoms with E-state index in [4.69, 9.17) is 9.26 Å². The zero-order valence-electron chi connectivity index (χ0n) is 13.9. The van der Waals surface area contributed by atoms with Crippen molar-refractivity contribution in [2.75, 3.05) is 39.4 Å². The van der Waals surface area contributed by atoms with Gasteiger partial charge in [-0.2, -0.15) is 4.98 Å². The van der Waals surface area contributed by atoms with Gasteiger partial charge in [-0.1, -0.05) is 12.1 Å². The minimum Gasteiger partial charge on any atom is -0.378 e. The fourth-order valence-electron chi connectivity index (χ4n) is 3.31. The van der Waals surface area contributed by atoms with Gasteiger partial charge in [0.2, 0.25) is 11.8 Å². The predicted octanol–water partition coefficient (Wildman–Crippen LogP) is 1.09. The minimum absolute atomic E-state index is 0.0832. The number of morpholine rings is 1. The Bertz CT molecular complexity index is 513. The Balaban J connectivity index is 1.53.